The van der Waals surface area contributed by atoms with Crippen LogP contribution in [-0.2, 0) is 0 Å². The molecule has 0 aromatic heterocycles. The third kappa shape index (κ3) is 4.20. The smallest absolute Gasteiger partial charge is 0.338 e. The molecule has 0 saturated heterocycles. The van der Waals surface area contributed by atoms with Gasteiger partial charge in [-0.2, -0.15) is 0 Å². The first kappa shape index (κ1) is 14.9. The van der Waals surface area contributed by atoms with Crippen LogP contribution >= 0.6 is 0 Å². The van der Waals surface area contributed by atoms with E-state index in [0.717, 1.165) is 6.07 Å². The van der Waals surface area contributed by atoms with Gasteiger partial charge >= 0.3 is 12.0 Å². The van der Waals surface area contributed by atoms with Crippen LogP contribution in [0.1, 0.15) is 31.1 Å². The summed E-state index contributed by atoms with van der Waals surface area (Å²) in [5.41, 5.74) is -1.66. The second-order valence-corrected chi connectivity index (χ2v) is 4.95. The normalized spacial score (nSPS) is 11.0. The van der Waals surface area contributed by atoms with Gasteiger partial charge < -0.3 is 15.7 Å². The Morgan fingerprint density at radius 3 is 2.21 bits per heavy atom. The number of hydrogen-bond acceptors (Lipinski definition) is 2. The van der Waals surface area contributed by atoms with Gasteiger partial charge in [-0.25, -0.2) is 18.4 Å². The van der Waals surface area contributed by atoms with Gasteiger partial charge in [0.05, 0.1) is 11.3 Å². The third-order valence-electron chi connectivity index (χ3n) is 2.02. The molecular weight excluding hydrogens is 258 g/mol. The Labute approximate surface area is 108 Å². The molecule has 0 aliphatic heterocycles. The molecule has 5 nitrogen and oxygen atoms in total. The molecule has 7 heteroatoms. The molecule has 1 rings (SSSR count). The molecule has 2 amide bonds. The van der Waals surface area contributed by atoms with E-state index in [9.17, 15) is 18.4 Å². The molecule has 0 fully saturated rings. The molecule has 0 aliphatic carbocycles. The van der Waals surface area contributed by atoms with Gasteiger partial charge in [-0.1, -0.05) is 0 Å². The molecule has 1 aromatic carbocycles. The van der Waals surface area contributed by atoms with Crippen molar-refractivity contribution in [2.24, 2.45) is 0 Å². The quantitative estimate of drug-likeness (QED) is 0.774. The summed E-state index contributed by atoms with van der Waals surface area (Å²) in [5, 5.41) is 13.3. The van der Waals surface area contributed by atoms with E-state index in [4.69, 9.17) is 5.11 Å². The zero-order chi connectivity index (χ0) is 14.8. The van der Waals surface area contributed by atoms with Gasteiger partial charge in [-0.3, -0.25) is 0 Å². The highest BCUT2D eigenvalue weighted by Gasteiger charge is 2.18. The Kier molecular flexibility index (Phi) is 4.08. The molecule has 0 aliphatic rings. The number of nitrogens with one attached hydrogen (secondary N) is 2. The van der Waals surface area contributed by atoms with Crippen molar-refractivity contribution in [3.8, 4) is 0 Å². The Morgan fingerprint density at radius 1 is 1.16 bits per heavy atom. The van der Waals surface area contributed by atoms with Crippen LogP contribution in [0.2, 0.25) is 0 Å². The number of carbonyl (C=O) groups is 2. The van der Waals surface area contributed by atoms with Gasteiger partial charge in [0.15, 0.2) is 0 Å². The molecule has 1 aromatic rings. The second-order valence-electron chi connectivity index (χ2n) is 4.95. The first-order valence-electron chi connectivity index (χ1n) is 5.41. The fraction of sp³-hybridized carbons (Fsp3) is 0.333. The van der Waals surface area contributed by atoms with E-state index in [1.165, 1.54) is 0 Å². The van der Waals surface area contributed by atoms with Crippen molar-refractivity contribution in [2.75, 3.05) is 5.32 Å². The van der Waals surface area contributed by atoms with E-state index in [0.29, 0.717) is 6.07 Å². The highest BCUT2D eigenvalue weighted by Crippen LogP contribution is 2.19. The molecule has 0 saturated carbocycles. The Bertz CT molecular complexity index is 524. The number of amides is 2. The number of anilines is 1. The Hall–Kier alpha value is -2.18. The minimum atomic E-state index is -1.54. The molecule has 0 bridgehead atoms. The van der Waals surface area contributed by atoms with Crippen LogP contribution in [0, 0.1) is 11.6 Å². The van der Waals surface area contributed by atoms with Crippen LogP contribution in [0.3, 0.4) is 0 Å². The number of carboxylic acid groups (broad SMARTS) is 1. The maximum atomic E-state index is 13.4. The van der Waals surface area contributed by atoms with Crippen molar-refractivity contribution < 1.29 is 23.5 Å². The molecule has 104 valence electrons. The van der Waals surface area contributed by atoms with Crippen molar-refractivity contribution >= 4 is 17.7 Å². The Morgan fingerprint density at radius 2 is 1.74 bits per heavy atom. The van der Waals surface area contributed by atoms with E-state index in [1.54, 1.807) is 20.8 Å². The van der Waals surface area contributed by atoms with E-state index in [-0.39, 0.29) is 0 Å². The lowest BCUT2D eigenvalue weighted by Crippen LogP contribution is -2.43. The second kappa shape index (κ2) is 5.21. The number of benzene rings is 1. The monoisotopic (exact) mass is 272 g/mol. The molecule has 0 atom stereocenters. The van der Waals surface area contributed by atoms with E-state index >= 15 is 0 Å². The molecule has 3 N–H and O–H groups in total. The molecule has 0 heterocycles. The number of halogens is 2. The van der Waals surface area contributed by atoms with Gasteiger partial charge in [0, 0.05) is 11.6 Å². The number of carbonyl (C=O) groups excluding carboxylic acids is 1. The van der Waals surface area contributed by atoms with Gasteiger partial charge in [-0.15, -0.1) is 0 Å². The fourth-order valence-electron chi connectivity index (χ4n) is 1.30. The van der Waals surface area contributed by atoms with Gasteiger partial charge in [-0.05, 0) is 26.8 Å². The summed E-state index contributed by atoms with van der Waals surface area (Å²) in [4.78, 5) is 22.2. The predicted molar refractivity (Wildman–Crippen MR) is 65.2 cm³/mol. The minimum absolute atomic E-state index is 0.402. The molecule has 0 unspecified atom stereocenters. The topological polar surface area (TPSA) is 78.4 Å². The maximum absolute atomic E-state index is 13.4. The summed E-state index contributed by atoms with van der Waals surface area (Å²) in [6.45, 7) is 5.16. The van der Waals surface area contributed by atoms with Gasteiger partial charge in [0.2, 0.25) is 0 Å². The van der Waals surface area contributed by atoms with E-state index in [1.807, 2.05) is 0 Å². The highest BCUT2D eigenvalue weighted by molar-refractivity contribution is 5.93. The number of aromatic carboxylic acids is 1. The van der Waals surface area contributed by atoms with Crippen LogP contribution in [0.15, 0.2) is 12.1 Å². The SMILES string of the molecule is CC(C)(C)NC(=O)Nc1cc(C(=O)O)c(F)cc1F. The Balaban J connectivity index is 2.99. The first-order chi connectivity index (χ1) is 8.60. The summed E-state index contributed by atoms with van der Waals surface area (Å²) in [6, 6.07) is 0.431. The summed E-state index contributed by atoms with van der Waals surface area (Å²) < 4.78 is 26.6. The lowest BCUT2D eigenvalue weighted by atomic mass is 10.1. The fourth-order valence-corrected chi connectivity index (χ4v) is 1.30. The predicted octanol–water partition coefficient (Wildman–Crippen LogP) is 2.58. The lowest BCUT2D eigenvalue weighted by Gasteiger charge is -2.21. The largest absolute Gasteiger partial charge is 0.478 e. The number of rotatable bonds is 2. The van der Waals surface area contributed by atoms with Crippen LogP contribution in [0.25, 0.3) is 0 Å². The third-order valence-corrected chi connectivity index (χ3v) is 2.02. The summed E-state index contributed by atoms with van der Waals surface area (Å²) in [5.74, 6) is -3.80. The minimum Gasteiger partial charge on any atom is -0.478 e. The van der Waals surface area contributed by atoms with Crippen LogP contribution in [0.4, 0.5) is 19.3 Å². The van der Waals surface area contributed by atoms with E-state index < -0.39 is 40.4 Å². The van der Waals surface area contributed by atoms with Crippen molar-refractivity contribution in [1.29, 1.82) is 0 Å². The number of carboxylic acids is 1. The van der Waals surface area contributed by atoms with Crippen molar-refractivity contribution in [3.63, 3.8) is 0 Å². The van der Waals surface area contributed by atoms with Crippen molar-refractivity contribution in [2.45, 2.75) is 26.3 Å². The van der Waals surface area contributed by atoms with E-state index in [2.05, 4.69) is 10.6 Å². The van der Waals surface area contributed by atoms with Crippen LogP contribution in [0.5, 0.6) is 0 Å². The van der Waals surface area contributed by atoms with Crippen LogP contribution in [-0.4, -0.2) is 22.6 Å². The molecule has 0 radical (unpaired) electrons. The average molecular weight is 272 g/mol. The molecular formula is C12H14F2N2O3. The zero-order valence-electron chi connectivity index (χ0n) is 10.7. The lowest BCUT2D eigenvalue weighted by molar-refractivity contribution is 0.0691. The van der Waals surface area contributed by atoms with Crippen molar-refractivity contribution in [3.05, 3.63) is 29.3 Å². The number of urea groups is 1. The summed E-state index contributed by atoms with van der Waals surface area (Å²) in [7, 11) is 0. The molecule has 0 spiro atoms. The van der Waals surface area contributed by atoms with Gasteiger partial charge in [0.1, 0.15) is 11.6 Å². The summed E-state index contributed by atoms with van der Waals surface area (Å²) in [6.07, 6.45) is 0. The number of hydrogen-bond donors (Lipinski definition) is 3. The highest BCUT2D eigenvalue weighted by atomic mass is 19.1. The average Bonchev–Trinajstić information content (AvgIpc) is 2.18. The molecule has 19 heavy (non-hydrogen) atoms. The maximum Gasteiger partial charge on any atom is 0.338 e. The standard InChI is InChI=1S/C12H14F2N2O3/c1-12(2,3)16-11(19)15-9-4-6(10(17)18)7(13)5-8(9)14/h4-5H,1-3H3,(H,17,18)(H2,15,16,19). The zero-order valence-corrected chi connectivity index (χ0v) is 10.7. The first-order valence-corrected chi connectivity index (χ1v) is 5.41. The summed E-state index contributed by atoms with van der Waals surface area (Å²) >= 11 is 0. The van der Waals surface area contributed by atoms with Gasteiger partial charge in [0.25, 0.3) is 0 Å². The van der Waals surface area contributed by atoms with Crippen molar-refractivity contribution in [1.82, 2.24) is 5.32 Å². The van der Waals surface area contributed by atoms with Crippen LogP contribution < -0.4 is 10.6 Å².